The zero-order chi connectivity index (χ0) is 21.1. The van der Waals surface area contributed by atoms with Crippen LogP contribution in [0.25, 0.3) is 0 Å². The molecule has 6 nitrogen and oxygen atoms in total. The summed E-state index contributed by atoms with van der Waals surface area (Å²) in [4.78, 5) is 39.4. The molecule has 1 saturated heterocycles. The second kappa shape index (κ2) is 9.00. The Morgan fingerprint density at radius 1 is 0.967 bits per heavy atom. The van der Waals surface area contributed by atoms with Crippen LogP contribution >= 0.6 is 15.9 Å². The number of nitrogens with zero attached hydrogens (tertiary/aromatic N) is 1. The molecule has 2 aromatic rings. The number of anilines is 1. The minimum absolute atomic E-state index is 0.228. The van der Waals surface area contributed by atoms with Gasteiger partial charge in [-0.3, -0.25) is 14.4 Å². The van der Waals surface area contributed by atoms with Crippen LogP contribution in [0.4, 0.5) is 5.69 Å². The molecule has 30 heavy (non-hydrogen) atoms. The molecule has 1 aliphatic carbocycles. The number of nitrogens with one attached hydrogen (secondary N) is 2. The highest BCUT2D eigenvalue weighted by Gasteiger charge is 2.36. The molecule has 4 rings (SSSR count). The molecule has 0 bridgehead atoms. The SMILES string of the molecule is O=C(Nc1ccccc1C(=O)NC[C@@H]1CCN(C(=O)C2CC2)C1)c1ccc(Br)cc1. The Hall–Kier alpha value is -2.67. The van der Waals surface area contributed by atoms with Crippen molar-refractivity contribution < 1.29 is 14.4 Å². The van der Waals surface area contributed by atoms with E-state index in [2.05, 4.69) is 26.6 Å². The van der Waals surface area contributed by atoms with E-state index in [0.717, 1.165) is 30.3 Å². The van der Waals surface area contributed by atoms with E-state index in [9.17, 15) is 14.4 Å². The van der Waals surface area contributed by atoms with Crippen molar-refractivity contribution in [1.29, 1.82) is 0 Å². The number of halogens is 1. The van der Waals surface area contributed by atoms with E-state index in [-0.39, 0.29) is 29.6 Å². The van der Waals surface area contributed by atoms with Crippen LogP contribution in [0.15, 0.2) is 53.0 Å². The van der Waals surface area contributed by atoms with Gasteiger partial charge in [0.25, 0.3) is 11.8 Å². The summed E-state index contributed by atoms with van der Waals surface area (Å²) >= 11 is 3.35. The maximum atomic E-state index is 12.8. The number of carbonyl (C=O) groups excluding carboxylic acids is 3. The van der Waals surface area contributed by atoms with Crippen molar-refractivity contribution in [3.63, 3.8) is 0 Å². The van der Waals surface area contributed by atoms with Crippen LogP contribution in [0.5, 0.6) is 0 Å². The van der Waals surface area contributed by atoms with Crippen LogP contribution in [-0.2, 0) is 4.79 Å². The molecule has 3 amide bonds. The topological polar surface area (TPSA) is 78.5 Å². The molecule has 2 N–H and O–H groups in total. The standard InChI is InChI=1S/C23H24BrN3O3/c24-18-9-7-16(8-10-18)21(28)26-20-4-2-1-3-19(20)22(29)25-13-15-11-12-27(14-15)23(30)17-5-6-17/h1-4,7-10,15,17H,5-6,11-14H2,(H,25,29)(H,26,28)/t15-/m0/s1. The first-order valence-electron chi connectivity index (χ1n) is 10.2. The van der Waals surface area contributed by atoms with Crippen LogP contribution in [0.2, 0.25) is 0 Å². The van der Waals surface area contributed by atoms with Crippen molar-refractivity contribution in [2.75, 3.05) is 25.0 Å². The van der Waals surface area contributed by atoms with E-state index < -0.39 is 0 Å². The number of benzene rings is 2. The highest BCUT2D eigenvalue weighted by atomic mass is 79.9. The summed E-state index contributed by atoms with van der Waals surface area (Å²) in [5.41, 5.74) is 1.41. The maximum absolute atomic E-state index is 12.8. The van der Waals surface area contributed by atoms with Gasteiger partial charge in [0, 0.05) is 35.6 Å². The Morgan fingerprint density at radius 2 is 1.70 bits per heavy atom. The van der Waals surface area contributed by atoms with Gasteiger partial charge in [-0.1, -0.05) is 28.1 Å². The number of likely N-dealkylation sites (tertiary alicyclic amines) is 1. The zero-order valence-corrected chi connectivity index (χ0v) is 18.2. The number of carbonyl (C=O) groups is 3. The van der Waals surface area contributed by atoms with Gasteiger partial charge in [0.1, 0.15) is 0 Å². The van der Waals surface area contributed by atoms with E-state index in [1.54, 1.807) is 48.5 Å². The van der Waals surface area contributed by atoms with E-state index in [0.29, 0.717) is 29.9 Å². The minimum atomic E-state index is -0.271. The number of hydrogen-bond donors (Lipinski definition) is 2. The summed E-state index contributed by atoms with van der Waals surface area (Å²) in [7, 11) is 0. The van der Waals surface area contributed by atoms with Gasteiger partial charge in [0.05, 0.1) is 11.3 Å². The lowest BCUT2D eigenvalue weighted by Crippen LogP contribution is -2.34. The van der Waals surface area contributed by atoms with E-state index in [1.807, 2.05) is 4.90 Å². The molecule has 2 aromatic carbocycles. The fourth-order valence-electron chi connectivity index (χ4n) is 3.71. The minimum Gasteiger partial charge on any atom is -0.352 e. The van der Waals surface area contributed by atoms with Gasteiger partial charge in [-0.15, -0.1) is 0 Å². The lowest BCUT2D eigenvalue weighted by Gasteiger charge is -2.17. The van der Waals surface area contributed by atoms with E-state index in [1.165, 1.54) is 0 Å². The Labute approximate surface area is 184 Å². The fourth-order valence-corrected chi connectivity index (χ4v) is 3.97. The Kier molecular flexibility index (Phi) is 6.18. The van der Waals surface area contributed by atoms with Crippen LogP contribution in [-0.4, -0.2) is 42.3 Å². The summed E-state index contributed by atoms with van der Waals surface area (Å²) in [6.07, 6.45) is 2.93. The van der Waals surface area contributed by atoms with Crippen molar-refractivity contribution >= 4 is 39.3 Å². The van der Waals surface area contributed by atoms with Gasteiger partial charge >= 0.3 is 0 Å². The molecular formula is C23H24BrN3O3. The van der Waals surface area contributed by atoms with Crippen LogP contribution in [0, 0.1) is 11.8 Å². The van der Waals surface area contributed by atoms with Crippen molar-refractivity contribution in [2.45, 2.75) is 19.3 Å². The third kappa shape index (κ3) is 4.90. The van der Waals surface area contributed by atoms with Crippen molar-refractivity contribution in [3.8, 4) is 0 Å². The first kappa shape index (κ1) is 20.6. The summed E-state index contributed by atoms with van der Waals surface area (Å²) in [6, 6.07) is 14.0. The van der Waals surface area contributed by atoms with Crippen molar-refractivity contribution in [1.82, 2.24) is 10.2 Å². The van der Waals surface area contributed by atoms with Crippen molar-refractivity contribution in [2.24, 2.45) is 11.8 Å². The zero-order valence-electron chi connectivity index (χ0n) is 16.6. The maximum Gasteiger partial charge on any atom is 0.255 e. The molecule has 2 fully saturated rings. The first-order valence-corrected chi connectivity index (χ1v) is 11.0. The molecule has 1 aliphatic heterocycles. The molecular weight excluding hydrogens is 446 g/mol. The molecule has 156 valence electrons. The lowest BCUT2D eigenvalue weighted by atomic mass is 10.1. The predicted molar refractivity (Wildman–Crippen MR) is 118 cm³/mol. The smallest absolute Gasteiger partial charge is 0.255 e. The van der Waals surface area contributed by atoms with E-state index in [4.69, 9.17) is 0 Å². The fraction of sp³-hybridized carbons (Fsp3) is 0.348. The molecule has 7 heteroatoms. The van der Waals surface area contributed by atoms with Gasteiger partial charge in [0.15, 0.2) is 0 Å². The number of para-hydroxylation sites is 1. The van der Waals surface area contributed by atoms with Crippen LogP contribution in [0.1, 0.15) is 40.0 Å². The Bertz CT molecular complexity index is 956. The Balaban J connectivity index is 1.34. The highest BCUT2D eigenvalue weighted by Crippen LogP contribution is 2.32. The van der Waals surface area contributed by atoms with E-state index >= 15 is 0 Å². The first-order chi connectivity index (χ1) is 14.5. The molecule has 0 unspecified atom stereocenters. The predicted octanol–water partition coefficient (Wildman–Crippen LogP) is 3.69. The lowest BCUT2D eigenvalue weighted by molar-refractivity contribution is -0.131. The van der Waals surface area contributed by atoms with Gasteiger partial charge in [-0.25, -0.2) is 0 Å². The van der Waals surface area contributed by atoms with Gasteiger partial charge in [-0.2, -0.15) is 0 Å². The number of rotatable bonds is 6. The summed E-state index contributed by atoms with van der Waals surface area (Å²) < 4.78 is 0.892. The molecule has 1 saturated carbocycles. The van der Waals surface area contributed by atoms with Crippen LogP contribution in [0.3, 0.4) is 0 Å². The second-order valence-electron chi connectivity index (χ2n) is 7.93. The highest BCUT2D eigenvalue weighted by molar-refractivity contribution is 9.10. The summed E-state index contributed by atoms with van der Waals surface area (Å²) in [5.74, 6) is 0.270. The summed E-state index contributed by atoms with van der Waals surface area (Å²) in [5, 5.41) is 5.80. The van der Waals surface area contributed by atoms with Gasteiger partial charge < -0.3 is 15.5 Å². The average Bonchev–Trinajstić information content (AvgIpc) is 3.50. The average molecular weight is 470 g/mol. The third-order valence-electron chi connectivity index (χ3n) is 5.60. The quantitative estimate of drug-likeness (QED) is 0.676. The van der Waals surface area contributed by atoms with Gasteiger partial charge in [-0.05, 0) is 61.6 Å². The molecule has 1 heterocycles. The largest absolute Gasteiger partial charge is 0.352 e. The molecule has 0 radical (unpaired) electrons. The van der Waals surface area contributed by atoms with Crippen molar-refractivity contribution in [3.05, 3.63) is 64.1 Å². The summed E-state index contributed by atoms with van der Waals surface area (Å²) in [6.45, 7) is 2.00. The Morgan fingerprint density at radius 3 is 2.43 bits per heavy atom. The molecule has 0 spiro atoms. The monoisotopic (exact) mass is 469 g/mol. The molecule has 2 aliphatic rings. The molecule has 0 aromatic heterocycles. The number of hydrogen-bond acceptors (Lipinski definition) is 3. The molecule has 1 atom stereocenters. The normalized spacial score (nSPS) is 18.2. The van der Waals surface area contributed by atoms with Gasteiger partial charge in [0.2, 0.25) is 5.91 Å². The third-order valence-corrected chi connectivity index (χ3v) is 6.13. The second-order valence-corrected chi connectivity index (χ2v) is 8.85. The van der Waals surface area contributed by atoms with Crippen LogP contribution < -0.4 is 10.6 Å². The number of amides is 3.